The van der Waals surface area contributed by atoms with Crippen LogP contribution in [0.4, 0.5) is 10.5 Å². The van der Waals surface area contributed by atoms with E-state index in [1.807, 2.05) is 24.3 Å². The van der Waals surface area contributed by atoms with Gasteiger partial charge >= 0.3 is 6.03 Å². The molecule has 0 aliphatic carbocycles. The van der Waals surface area contributed by atoms with Gasteiger partial charge in [-0.05, 0) is 37.1 Å². The molecule has 2 aromatic rings. The Bertz CT molecular complexity index is 749. The first-order chi connectivity index (χ1) is 13.7. The van der Waals surface area contributed by atoms with E-state index in [9.17, 15) is 4.79 Å². The topological polar surface area (TPSA) is 99.0 Å². The smallest absolute Gasteiger partial charge is 0.321 e. The maximum Gasteiger partial charge on any atom is 0.321 e. The lowest BCUT2D eigenvalue weighted by molar-refractivity contribution is 0.0120. The molecule has 0 spiro atoms. The lowest BCUT2D eigenvalue weighted by Gasteiger charge is -2.32. The first kappa shape index (κ1) is 20.1. The molecule has 0 saturated carbocycles. The minimum absolute atomic E-state index is 0.000661. The van der Waals surface area contributed by atoms with E-state index in [-0.39, 0.29) is 12.1 Å². The number of likely N-dealkylation sites (tertiary alicyclic amines) is 1. The third kappa shape index (κ3) is 5.67. The van der Waals surface area contributed by atoms with Crippen molar-refractivity contribution < 1.29 is 23.5 Å². The number of benzene rings is 1. The Balaban J connectivity index is 1.42. The van der Waals surface area contributed by atoms with Gasteiger partial charge in [-0.2, -0.15) is 4.98 Å². The highest BCUT2D eigenvalue weighted by atomic mass is 16.5. The van der Waals surface area contributed by atoms with E-state index in [4.69, 9.17) is 18.7 Å². The van der Waals surface area contributed by atoms with Gasteiger partial charge < -0.3 is 29.0 Å². The zero-order valence-electron chi connectivity index (χ0n) is 16.2. The average molecular weight is 390 g/mol. The predicted molar refractivity (Wildman–Crippen MR) is 101 cm³/mol. The lowest BCUT2D eigenvalue weighted by Crippen LogP contribution is -2.45. The van der Waals surface area contributed by atoms with Gasteiger partial charge in [0.05, 0.1) is 19.8 Å². The number of urea groups is 1. The Morgan fingerprint density at radius 3 is 2.89 bits per heavy atom. The molecular weight excluding hydrogens is 364 g/mol. The maximum absolute atomic E-state index is 12.5. The monoisotopic (exact) mass is 390 g/mol. The predicted octanol–water partition coefficient (Wildman–Crippen LogP) is 2.48. The van der Waals surface area contributed by atoms with Crippen molar-refractivity contribution in [2.75, 3.05) is 39.2 Å². The number of hydrogen-bond donors (Lipinski definition) is 1. The SMILES string of the molecule is COCc1nc(CCOC2CCCN(C(=O)Nc3ccc(OC)cc3)C2)no1. The molecule has 1 unspecified atom stereocenters. The molecule has 9 heteroatoms. The normalized spacial score (nSPS) is 16.8. The third-order valence-corrected chi connectivity index (χ3v) is 4.46. The van der Waals surface area contributed by atoms with Gasteiger partial charge in [0.2, 0.25) is 0 Å². The van der Waals surface area contributed by atoms with Crippen LogP contribution in [-0.2, 0) is 22.5 Å². The van der Waals surface area contributed by atoms with Gasteiger partial charge in [0.15, 0.2) is 5.82 Å². The molecule has 1 fully saturated rings. The first-order valence-corrected chi connectivity index (χ1v) is 9.30. The molecule has 152 valence electrons. The van der Waals surface area contributed by atoms with Crippen molar-refractivity contribution in [3.8, 4) is 5.75 Å². The third-order valence-electron chi connectivity index (χ3n) is 4.46. The van der Waals surface area contributed by atoms with E-state index < -0.39 is 0 Å². The maximum atomic E-state index is 12.5. The average Bonchev–Trinajstić information content (AvgIpc) is 3.16. The summed E-state index contributed by atoms with van der Waals surface area (Å²) in [6.45, 7) is 2.05. The Morgan fingerprint density at radius 1 is 1.32 bits per heavy atom. The molecule has 1 aliphatic rings. The quantitative estimate of drug-likeness (QED) is 0.739. The summed E-state index contributed by atoms with van der Waals surface area (Å²) in [7, 11) is 3.19. The number of ether oxygens (including phenoxy) is 3. The Labute approximate surface area is 163 Å². The van der Waals surface area contributed by atoms with E-state index in [1.165, 1.54) is 0 Å². The zero-order valence-corrected chi connectivity index (χ0v) is 16.2. The fourth-order valence-corrected chi connectivity index (χ4v) is 3.03. The Kier molecular flexibility index (Phi) is 7.21. The van der Waals surface area contributed by atoms with Gasteiger partial charge in [-0.1, -0.05) is 5.16 Å². The number of carbonyl (C=O) groups excluding carboxylic acids is 1. The van der Waals surface area contributed by atoms with Crippen LogP contribution >= 0.6 is 0 Å². The summed E-state index contributed by atoms with van der Waals surface area (Å²) in [6, 6.07) is 7.14. The highest BCUT2D eigenvalue weighted by Gasteiger charge is 2.24. The van der Waals surface area contributed by atoms with Crippen LogP contribution in [0.5, 0.6) is 5.75 Å². The van der Waals surface area contributed by atoms with Crippen molar-refractivity contribution in [3.63, 3.8) is 0 Å². The number of rotatable bonds is 8. The van der Waals surface area contributed by atoms with E-state index in [0.29, 0.717) is 44.4 Å². The van der Waals surface area contributed by atoms with Crippen molar-refractivity contribution in [1.29, 1.82) is 0 Å². The number of nitrogens with zero attached hydrogens (tertiary/aromatic N) is 3. The number of anilines is 1. The highest BCUT2D eigenvalue weighted by Crippen LogP contribution is 2.18. The summed E-state index contributed by atoms with van der Waals surface area (Å²) in [5, 5.41) is 6.80. The highest BCUT2D eigenvalue weighted by molar-refractivity contribution is 5.89. The van der Waals surface area contributed by atoms with Crippen molar-refractivity contribution in [1.82, 2.24) is 15.0 Å². The van der Waals surface area contributed by atoms with Gasteiger partial charge in [-0.15, -0.1) is 0 Å². The second kappa shape index (κ2) is 10.0. The summed E-state index contributed by atoms with van der Waals surface area (Å²) in [5.41, 5.74) is 0.734. The van der Waals surface area contributed by atoms with Gasteiger partial charge in [-0.25, -0.2) is 4.79 Å². The van der Waals surface area contributed by atoms with Crippen LogP contribution in [0.25, 0.3) is 0 Å². The Hall–Kier alpha value is -2.65. The molecule has 0 bridgehead atoms. The molecule has 2 heterocycles. The molecule has 28 heavy (non-hydrogen) atoms. The van der Waals surface area contributed by atoms with Crippen LogP contribution in [0.3, 0.4) is 0 Å². The molecular formula is C19H26N4O5. The summed E-state index contributed by atoms with van der Waals surface area (Å²) < 4.78 is 21.1. The van der Waals surface area contributed by atoms with E-state index in [0.717, 1.165) is 24.3 Å². The number of carbonyl (C=O) groups is 1. The second-order valence-electron chi connectivity index (χ2n) is 6.53. The number of aromatic nitrogens is 2. The van der Waals surface area contributed by atoms with Crippen molar-refractivity contribution in [3.05, 3.63) is 36.0 Å². The van der Waals surface area contributed by atoms with Gasteiger partial charge in [-0.3, -0.25) is 0 Å². The second-order valence-corrected chi connectivity index (χ2v) is 6.53. The summed E-state index contributed by atoms with van der Waals surface area (Å²) >= 11 is 0. The van der Waals surface area contributed by atoms with Crippen LogP contribution in [0, 0.1) is 0 Å². The fraction of sp³-hybridized carbons (Fsp3) is 0.526. The molecule has 1 aromatic carbocycles. The molecule has 1 N–H and O–H groups in total. The minimum Gasteiger partial charge on any atom is -0.497 e. The zero-order chi connectivity index (χ0) is 19.8. The van der Waals surface area contributed by atoms with Crippen LogP contribution in [0.1, 0.15) is 24.6 Å². The van der Waals surface area contributed by atoms with Crippen molar-refractivity contribution in [2.24, 2.45) is 0 Å². The van der Waals surface area contributed by atoms with Crippen molar-refractivity contribution >= 4 is 11.7 Å². The Morgan fingerprint density at radius 2 is 2.14 bits per heavy atom. The standard InChI is InChI=1S/C19H26N4O5/c1-25-13-18-21-17(22-28-18)9-11-27-16-4-3-10-23(12-16)19(24)20-14-5-7-15(26-2)8-6-14/h5-8,16H,3-4,9-13H2,1-2H3,(H,20,24). The van der Waals surface area contributed by atoms with Crippen LogP contribution in [0.2, 0.25) is 0 Å². The lowest BCUT2D eigenvalue weighted by atomic mass is 10.1. The van der Waals surface area contributed by atoms with Crippen LogP contribution in [0.15, 0.2) is 28.8 Å². The molecule has 3 rings (SSSR count). The van der Waals surface area contributed by atoms with Gasteiger partial charge in [0, 0.05) is 32.3 Å². The van der Waals surface area contributed by atoms with Crippen molar-refractivity contribution in [2.45, 2.75) is 32.0 Å². The molecule has 1 aromatic heterocycles. The minimum atomic E-state index is -0.124. The summed E-state index contributed by atoms with van der Waals surface area (Å²) in [4.78, 5) is 18.5. The van der Waals surface area contributed by atoms with Gasteiger partial charge in [0.25, 0.3) is 5.89 Å². The molecule has 9 nitrogen and oxygen atoms in total. The van der Waals surface area contributed by atoms with E-state index in [2.05, 4.69) is 15.5 Å². The number of amides is 2. The van der Waals surface area contributed by atoms with E-state index >= 15 is 0 Å². The number of methoxy groups -OCH3 is 2. The number of nitrogens with one attached hydrogen (secondary N) is 1. The molecule has 0 radical (unpaired) electrons. The fourth-order valence-electron chi connectivity index (χ4n) is 3.03. The number of hydrogen-bond acceptors (Lipinski definition) is 7. The molecule has 1 saturated heterocycles. The molecule has 1 atom stereocenters. The van der Waals surface area contributed by atoms with Crippen LogP contribution in [-0.4, -0.2) is 61.1 Å². The molecule has 1 aliphatic heterocycles. The van der Waals surface area contributed by atoms with E-state index in [1.54, 1.807) is 19.1 Å². The summed E-state index contributed by atoms with van der Waals surface area (Å²) in [6.07, 6.45) is 2.39. The largest absolute Gasteiger partial charge is 0.497 e. The number of piperidine rings is 1. The summed E-state index contributed by atoms with van der Waals surface area (Å²) in [5.74, 6) is 1.80. The first-order valence-electron chi connectivity index (χ1n) is 9.30. The molecule has 2 amide bonds. The van der Waals surface area contributed by atoms with Crippen LogP contribution < -0.4 is 10.1 Å². The van der Waals surface area contributed by atoms with Gasteiger partial charge in [0.1, 0.15) is 12.4 Å².